The van der Waals surface area contributed by atoms with Crippen LogP contribution in [0, 0.1) is 0 Å². The lowest BCUT2D eigenvalue weighted by atomic mass is 10.1. The molecule has 0 spiro atoms. The molecular formula is C20H19BrN2O2S. The van der Waals surface area contributed by atoms with Crippen LogP contribution in [-0.4, -0.2) is 17.5 Å². The summed E-state index contributed by atoms with van der Waals surface area (Å²) in [5, 5.41) is 5.26. The van der Waals surface area contributed by atoms with E-state index >= 15 is 0 Å². The fourth-order valence-electron chi connectivity index (χ4n) is 2.46. The van der Waals surface area contributed by atoms with Gasteiger partial charge in [0.25, 0.3) is 5.91 Å². The molecule has 26 heavy (non-hydrogen) atoms. The number of nitrogens with zero attached hydrogens (tertiary/aromatic N) is 1. The van der Waals surface area contributed by atoms with E-state index in [1.54, 1.807) is 0 Å². The first kappa shape index (κ1) is 18.6. The van der Waals surface area contributed by atoms with Crippen LogP contribution in [0.5, 0.6) is 5.75 Å². The summed E-state index contributed by atoms with van der Waals surface area (Å²) in [6.45, 7) is 2.11. The Bertz CT molecular complexity index is 878. The molecule has 0 atom stereocenters. The predicted molar refractivity (Wildman–Crippen MR) is 110 cm³/mol. The van der Waals surface area contributed by atoms with Gasteiger partial charge < -0.3 is 4.74 Å². The van der Waals surface area contributed by atoms with Gasteiger partial charge in [-0.15, -0.1) is 11.3 Å². The monoisotopic (exact) mass is 430 g/mol. The van der Waals surface area contributed by atoms with Crippen LogP contribution in [0.4, 0.5) is 5.13 Å². The summed E-state index contributed by atoms with van der Waals surface area (Å²) in [5.41, 5.74) is 3.10. The van der Waals surface area contributed by atoms with E-state index in [0.29, 0.717) is 10.9 Å². The number of benzene rings is 2. The van der Waals surface area contributed by atoms with Gasteiger partial charge in [-0.3, -0.25) is 10.1 Å². The highest BCUT2D eigenvalue weighted by Gasteiger charge is 2.09. The van der Waals surface area contributed by atoms with Crippen molar-refractivity contribution in [1.29, 1.82) is 0 Å². The Labute approximate surface area is 165 Å². The minimum absolute atomic E-state index is 0.0427. The number of aryl methyl sites for hydroxylation is 1. The molecule has 1 aromatic heterocycles. The van der Waals surface area contributed by atoms with Crippen molar-refractivity contribution in [2.45, 2.75) is 19.8 Å². The molecule has 6 heteroatoms. The molecule has 134 valence electrons. The standard InChI is InChI=1S/C20H19BrN2O2S/c1-2-4-14-7-9-17(10-8-14)25-12-19(24)23-20-22-18(13-26-20)15-5-3-6-16(21)11-15/h3,5-11,13H,2,4,12H2,1H3,(H,22,23,24). The van der Waals surface area contributed by atoms with Gasteiger partial charge in [-0.2, -0.15) is 0 Å². The Morgan fingerprint density at radius 2 is 2.04 bits per heavy atom. The summed E-state index contributed by atoms with van der Waals surface area (Å²) in [6, 6.07) is 15.7. The highest BCUT2D eigenvalue weighted by molar-refractivity contribution is 9.10. The van der Waals surface area contributed by atoms with Crippen LogP contribution in [0.2, 0.25) is 0 Å². The van der Waals surface area contributed by atoms with Crippen LogP contribution >= 0.6 is 27.3 Å². The molecule has 0 unspecified atom stereocenters. The van der Waals surface area contributed by atoms with Crippen LogP contribution in [0.15, 0.2) is 58.4 Å². The summed E-state index contributed by atoms with van der Waals surface area (Å²) in [7, 11) is 0. The Morgan fingerprint density at radius 1 is 1.23 bits per heavy atom. The van der Waals surface area contributed by atoms with Crippen molar-refractivity contribution >= 4 is 38.3 Å². The molecule has 0 saturated heterocycles. The van der Waals surface area contributed by atoms with Crippen LogP contribution in [-0.2, 0) is 11.2 Å². The van der Waals surface area contributed by atoms with Gasteiger partial charge in [0.15, 0.2) is 11.7 Å². The molecule has 3 aromatic rings. The summed E-state index contributed by atoms with van der Waals surface area (Å²) in [5.74, 6) is 0.465. The number of hydrogen-bond donors (Lipinski definition) is 1. The third-order valence-electron chi connectivity index (χ3n) is 3.70. The van der Waals surface area contributed by atoms with Gasteiger partial charge in [0, 0.05) is 15.4 Å². The first-order valence-corrected chi connectivity index (χ1v) is 10.0. The Kier molecular flexibility index (Phi) is 6.41. The number of nitrogens with one attached hydrogen (secondary N) is 1. The number of anilines is 1. The molecule has 0 aliphatic carbocycles. The van der Waals surface area contributed by atoms with Crippen LogP contribution in [0.3, 0.4) is 0 Å². The number of aromatic nitrogens is 1. The topological polar surface area (TPSA) is 51.2 Å². The molecule has 4 nitrogen and oxygen atoms in total. The normalized spacial score (nSPS) is 10.5. The van der Waals surface area contributed by atoms with Crippen molar-refractivity contribution in [2.24, 2.45) is 0 Å². The fourth-order valence-corrected chi connectivity index (χ4v) is 3.59. The summed E-state index contributed by atoms with van der Waals surface area (Å²) in [4.78, 5) is 16.5. The molecule has 2 aromatic carbocycles. The van der Waals surface area contributed by atoms with E-state index in [1.807, 2.05) is 53.9 Å². The molecule has 0 aliphatic heterocycles. The minimum atomic E-state index is -0.224. The van der Waals surface area contributed by atoms with E-state index in [2.05, 4.69) is 33.2 Å². The van der Waals surface area contributed by atoms with Crippen LogP contribution in [0.1, 0.15) is 18.9 Å². The van der Waals surface area contributed by atoms with Gasteiger partial charge in [0.2, 0.25) is 0 Å². The van der Waals surface area contributed by atoms with Crippen LogP contribution < -0.4 is 10.1 Å². The fraction of sp³-hybridized carbons (Fsp3) is 0.200. The van der Waals surface area contributed by atoms with Gasteiger partial charge in [0.1, 0.15) is 5.75 Å². The molecule has 1 N–H and O–H groups in total. The van der Waals surface area contributed by atoms with Crippen molar-refractivity contribution in [3.63, 3.8) is 0 Å². The van der Waals surface area contributed by atoms with E-state index in [9.17, 15) is 4.79 Å². The second-order valence-electron chi connectivity index (χ2n) is 5.78. The van der Waals surface area contributed by atoms with Crippen molar-refractivity contribution in [3.8, 4) is 17.0 Å². The van der Waals surface area contributed by atoms with Crippen molar-refractivity contribution in [1.82, 2.24) is 4.98 Å². The summed E-state index contributed by atoms with van der Waals surface area (Å²) in [6.07, 6.45) is 2.16. The quantitative estimate of drug-likeness (QED) is 0.534. The van der Waals surface area contributed by atoms with E-state index in [4.69, 9.17) is 4.74 Å². The molecule has 0 radical (unpaired) electrons. The number of ether oxygens (including phenoxy) is 1. The number of carbonyl (C=O) groups excluding carboxylic acids is 1. The van der Waals surface area contributed by atoms with Crippen LogP contribution in [0.25, 0.3) is 11.3 Å². The maximum atomic E-state index is 12.1. The first-order chi connectivity index (χ1) is 12.6. The lowest BCUT2D eigenvalue weighted by Crippen LogP contribution is -2.20. The molecule has 0 saturated carbocycles. The van der Waals surface area contributed by atoms with Crippen molar-refractivity contribution < 1.29 is 9.53 Å². The van der Waals surface area contributed by atoms with Gasteiger partial charge in [0.05, 0.1) is 5.69 Å². The third-order valence-corrected chi connectivity index (χ3v) is 4.95. The van der Waals surface area contributed by atoms with E-state index in [1.165, 1.54) is 16.9 Å². The second kappa shape index (κ2) is 8.96. The maximum Gasteiger partial charge on any atom is 0.264 e. The number of rotatable bonds is 7. The maximum absolute atomic E-state index is 12.1. The zero-order chi connectivity index (χ0) is 18.4. The molecule has 3 rings (SSSR count). The largest absolute Gasteiger partial charge is 0.484 e. The number of thiazole rings is 1. The number of carbonyl (C=O) groups is 1. The highest BCUT2D eigenvalue weighted by Crippen LogP contribution is 2.26. The van der Waals surface area contributed by atoms with Gasteiger partial charge >= 0.3 is 0 Å². The zero-order valence-corrected chi connectivity index (χ0v) is 16.8. The van der Waals surface area contributed by atoms with Gasteiger partial charge in [-0.05, 0) is 36.2 Å². The molecule has 0 aliphatic rings. The summed E-state index contributed by atoms with van der Waals surface area (Å²) < 4.78 is 6.53. The Balaban J connectivity index is 1.53. The first-order valence-electron chi connectivity index (χ1n) is 8.37. The van der Waals surface area contributed by atoms with Crippen molar-refractivity contribution in [2.75, 3.05) is 11.9 Å². The number of hydrogen-bond acceptors (Lipinski definition) is 4. The van der Waals surface area contributed by atoms with Gasteiger partial charge in [-0.25, -0.2) is 4.98 Å². The van der Waals surface area contributed by atoms with Crippen molar-refractivity contribution in [3.05, 3.63) is 63.9 Å². The van der Waals surface area contributed by atoms with E-state index in [0.717, 1.165) is 28.6 Å². The van der Waals surface area contributed by atoms with Gasteiger partial charge in [-0.1, -0.05) is 53.5 Å². The molecular weight excluding hydrogens is 412 g/mol. The summed E-state index contributed by atoms with van der Waals surface area (Å²) >= 11 is 4.85. The molecule has 0 bridgehead atoms. The number of halogens is 1. The SMILES string of the molecule is CCCc1ccc(OCC(=O)Nc2nc(-c3cccc(Br)c3)cs2)cc1. The van der Waals surface area contributed by atoms with E-state index < -0.39 is 0 Å². The zero-order valence-electron chi connectivity index (χ0n) is 14.4. The predicted octanol–water partition coefficient (Wildman–Crippen LogP) is 5.54. The van der Waals surface area contributed by atoms with E-state index in [-0.39, 0.29) is 12.5 Å². The lowest BCUT2D eigenvalue weighted by molar-refractivity contribution is -0.118. The molecule has 1 heterocycles. The smallest absolute Gasteiger partial charge is 0.264 e. The lowest BCUT2D eigenvalue weighted by Gasteiger charge is -2.06. The second-order valence-corrected chi connectivity index (χ2v) is 7.55. The average Bonchev–Trinajstić information content (AvgIpc) is 3.10. The minimum Gasteiger partial charge on any atom is -0.484 e. The molecule has 0 fully saturated rings. The Hall–Kier alpha value is -2.18. The number of amides is 1. The molecule has 1 amide bonds. The average molecular weight is 431 g/mol. The third kappa shape index (κ3) is 5.16. The Morgan fingerprint density at radius 3 is 2.77 bits per heavy atom. The highest BCUT2D eigenvalue weighted by atomic mass is 79.9.